The van der Waals surface area contributed by atoms with Gasteiger partial charge in [0.25, 0.3) is 5.91 Å². The smallest absolute Gasteiger partial charge is 0.307 e. The van der Waals surface area contributed by atoms with Crippen molar-refractivity contribution >= 4 is 11.9 Å². The van der Waals surface area contributed by atoms with Crippen molar-refractivity contribution in [2.75, 3.05) is 14.2 Å². The fraction of sp³-hybridized carbons (Fsp3) is 0.222. The summed E-state index contributed by atoms with van der Waals surface area (Å²) in [6, 6.07) is 15.7. The van der Waals surface area contributed by atoms with Crippen LogP contribution in [0.1, 0.15) is 28.4 Å². The second kappa shape index (κ2) is 7.98. The van der Waals surface area contributed by atoms with Gasteiger partial charge >= 0.3 is 5.97 Å². The monoisotopic (exact) mass is 313 g/mol. The zero-order valence-corrected chi connectivity index (χ0v) is 13.1. The molecule has 0 fully saturated rings. The molecular formula is C18H19NO4. The number of hydrogen-bond acceptors (Lipinski definition) is 4. The third-order valence-electron chi connectivity index (χ3n) is 3.46. The molecule has 1 amide bonds. The van der Waals surface area contributed by atoms with Gasteiger partial charge in [0, 0.05) is 5.56 Å². The van der Waals surface area contributed by atoms with E-state index in [1.807, 2.05) is 30.3 Å². The van der Waals surface area contributed by atoms with E-state index in [-0.39, 0.29) is 18.3 Å². The Morgan fingerprint density at radius 2 is 1.65 bits per heavy atom. The lowest BCUT2D eigenvalue weighted by atomic mass is 10.0. The molecule has 0 aliphatic heterocycles. The highest BCUT2D eigenvalue weighted by Gasteiger charge is 2.19. The molecule has 0 spiro atoms. The third kappa shape index (κ3) is 4.57. The third-order valence-corrected chi connectivity index (χ3v) is 3.46. The second-order valence-corrected chi connectivity index (χ2v) is 4.95. The lowest BCUT2D eigenvalue weighted by Gasteiger charge is -2.18. The van der Waals surface area contributed by atoms with Crippen molar-refractivity contribution in [2.24, 2.45) is 0 Å². The minimum Gasteiger partial charge on any atom is -0.497 e. The number of methoxy groups -OCH3 is 2. The Morgan fingerprint density at radius 3 is 2.22 bits per heavy atom. The van der Waals surface area contributed by atoms with Gasteiger partial charge < -0.3 is 14.8 Å². The highest BCUT2D eigenvalue weighted by Crippen LogP contribution is 2.19. The molecule has 2 aromatic rings. The number of esters is 1. The Labute approximate surface area is 135 Å². The highest BCUT2D eigenvalue weighted by molar-refractivity contribution is 5.94. The van der Waals surface area contributed by atoms with E-state index in [0.29, 0.717) is 11.3 Å². The minimum atomic E-state index is -0.446. The van der Waals surface area contributed by atoms with Crippen LogP contribution in [-0.4, -0.2) is 26.1 Å². The van der Waals surface area contributed by atoms with E-state index in [1.54, 1.807) is 31.4 Å². The first-order valence-electron chi connectivity index (χ1n) is 7.20. The Kier molecular flexibility index (Phi) is 5.74. The average Bonchev–Trinajstić information content (AvgIpc) is 2.61. The Morgan fingerprint density at radius 1 is 1.00 bits per heavy atom. The molecule has 0 radical (unpaired) electrons. The minimum absolute atomic E-state index is 0.0718. The molecule has 2 aromatic carbocycles. The van der Waals surface area contributed by atoms with Crippen molar-refractivity contribution in [3.63, 3.8) is 0 Å². The van der Waals surface area contributed by atoms with Crippen molar-refractivity contribution in [2.45, 2.75) is 12.5 Å². The molecule has 1 atom stereocenters. The van der Waals surface area contributed by atoms with Gasteiger partial charge in [-0.3, -0.25) is 9.59 Å². The summed E-state index contributed by atoms with van der Waals surface area (Å²) < 4.78 is 9.79. The summed E-state index contributed by atoms with van der Waals surface area (Å²) in [6.45, 7) is 0. The molecule has 0 aromatic heterocycles. The van der Waals surface area contributed by atoms with Crippen LogP contribution in [0.2, 0.25) is 0 Å². The van der Waals surface area contributed by atoms with Gasteiger partial charge in [-0.1, -0.05) is 30.3 Å². The zero-order chi connectivity index (χ0) is 16.7. The number of carbonyl (C=O) groups is 2. The van der Waals surface area contributed by atoms with Crippen LogP contribution in [0.3, 0.4) is 0 Å². The van der Waals surface area contributed by atoms with E-state index >= 15 is 0 Å². The maximum absolute atomic E-state index is 12.4. The first-order valence-corrected chi connectivity index (χ1v) is 7.20. The van der Waals surface area contributed by atoms with E-state index < -0.39 is 6.04 Å². The number of ether oxygens (including phenoxy) is 2. The number of hydrogen-bond donors (Lipinski definition) is 1. The predicted octanol–water partition coefficient (Wildman–Crippen LogP) is 2.73. The molecular weight excluding hydrogens is 294 g/mol. The first-order chi connectivity index (χ1) is 11.1. The van der Waals surface area contributed by atoms with Crippen molar-refractivity contribution in [3.05, 3.63) is 65.7 Å². The maximum atomic E-state index is 12.4. The van der Waals surface area contributed by atoms with Crippen molar-refractivity contribution in [3.8, 4) is 5.75 Å². The maximum Gasteiger partial charge on any atom is 0.307 e. The summed E-state index contributed by atoms with van der Waals surface area (Å²) in [7, 11) is 2.90. The molecule has 5 nitrogen and oxygen atoms in total. The van der Waals surface area contributed by atoms with Gasteiger partial charge in [0.15, 0.2) is 0 Å². The summed E-state index contributed by atoms with van der Waals surface area (Å²) in [6.07, 6.45) is 0.0718. The van der Waals surface area contributed by atoms with Crippen molar-refractivity contribution in [1.29, 1.82) is 0 Å². The largest absolute Gasteiger partial charge is 0.497 e. The molecule has 2 rings (SSSR count). The molecule has 1 unspecified atom stereocenters. The molecule has 120 valence electrons. The van der Waals surface area contributed by atoms with E-state index in [2.05, 4.69) is 5.32 Å². The Balaban J connectivity index is 2.15. The Bertz CT molecular complexity index is 652. The second-order valence-electron chi connectivity index (χ2n) is 4.95. The molecule has 0 bridgehead atoms. The van der Waals surface area contributed by atoms with Gasteiger partial charge in [0.05, 0.1) is 26.7 Å². The first kappa shape index (κ1) is 16.5. The van der Waals surface area contributed by atoms with Crippen LogP contribution in [0, 0.1) is 0 Å². The van der Waals surface area contributed by atoms with E-state index in [4.69, 9.17) is 9.47 Å². The fourth-order valence-corrected chi connectivity index (χ4v) is 2.17. The standard InChI is InChI=1S/C18H19NO4/c1-22-15-10-8-14(9-11-15)18(21)19-16(12-17(20)23-2)13-6-4-3-5-7-13/h3-11,16H,12H2,1-2H3,(H,19,21). The van der Waals surface area contributed by atoms with E-state index in [0.717, 1.165) is 5.56 Å². The van der Waals surface area contributed by atoms with Gasteiger partial charge in [0.1, 0.15) is 5.75 Å². The molecule has 0 saturated heterocycles. The number of rotatable bonds is 6. The van der Waals surface area contributed by atoms with E-state index in [1.165, 1.54) is 7.11 Å². The number of carbonyl (C=O) groups excluding carboxylic acids is 2. The summed E-state index contributed by atoms with van der Waals surface area (Å²) in [5.41, 5.74) is 1.34. The summed E-state index contributed by atoms with van der Waals surface area (Å²) >= 11 is 0. The number of benzene rings is 2. The lowest BCUT2D eigenvalue weighted by molar-refractivity contribution is -0.141. The SMILES string of the molecule is COC(=O)CC(NC(=O)c1ccc(OC)cc1)c1ccccc1. The van der Waals surface area contributed by atoms with Crippen molar-refractivity contribution < 1.29 is 19.1 Å². The van der Waals surface area contributed by atoms with Crippen LogP contribution < -0.4 is 10.1 Å². The van der Waals surface area contributed by atoms with Crippen LogP contribution in [0.4, 0.5) is 0 Å². The van der Waals surface area contributed by atoms with Crippen LogP contribution in [0.25, 0.3) is 0 Å². The quantitative estimate of drug-likeness (QED) is 0.833. The summed E-state index contributed by atoms with van der Waals surface area (Å²) in [5.74, 6) is 0.0370. The van der Waals surface area contributed by atoms with Gasteiger partial charge in [-0.2, -0.15) is 0 Å². The molecule has 0 aliphatic carbocycles. The van der Waals surface area contributed by atoms with Crippen LogP contribution >= 0.6 is 0 Å². The summed E-state index contributed by atoms with van der Waals surface area (Å²) in [4.78, 5) is 24.0. The lowest BCUT2D eigenvalue weighted by Crippen LogP contribution is -2.30. The summed E-state index contributed by atoms with van der Waals surface area (Å²) in [5, 5.41) is 2.87. The average molecular weight is 313 g/mol. The molecule has 0 aliphatic rings. The predicted molar refractivity (Wildman–Crippen MR) is 86.3 cm³/mol. The number of amides is 1. The molecule has 23 heavy (non-hydrogen) atoms. The number of nitrogens with one attached hydrogen (secondary N) is 1. The van der Waals surface area contributed by atoms with E-state index in [9.17, 15) is 9.59 Å². The molecule has 0 saturated carbocycles. The molecule has 0 heterocycles. The fourth-order valence-electron chi connectivity index (χ4n) is 2.17. The van der Waals surface area contributed by atoms with Crippen LogP contribution in [0.15, 0.2) is 54.6 Å². The van der Waals surface area contributed by atoms with Crippen molar-refractivity contribution in [1.82, 2.24) is 5.32 Å². The van der Waals surface area contributed by atoms with Gasteiger partial charge in [-0.05, 0) is 29.8 Å². The topological polar surface area (TPSA) is 64.6 Å². The van der Waals surface area contributed by atoms with Gasteiger partial charge in [-0.15, -0.1) is 0 Å². The normalized spacial score (nSPS) is 11.4. The molecule has 5 heteroatoms. The van der Waals surface area contributed by atoms with Crippen LogP contribution in [0.5, 0.6) is 5.75 Å². The highest BCUT2D eigenvalue weighted by atomic mass is 16.5. The van der Waals surface area contributed by atoms with Crippen LogP contribution in [-0.2, 0) is 9.53 Å². The molecule has 1 N–H and O–H groups in total. The Hall–Kier alpha value is -2.82. The van der Waals surface area contributed by atoms with Gasteiger partial charge in [-0.25, -0.2) is 0 Å². The zero-order valence-electron chi connectivity index (χ0n) is 13.1. The van der Waals surface area contributed by atoms with Gasteiger partial charge in [0.2, 0.25) is 0 Å².